The number of nitrogens with one attached hydrogen (secondary N) is 3. The number of nitrogens with zero attached hydrogens (tertiary/aromatic N) is 3. The maximum atomic E-state index is 13.2. The van der Waals surface area contributed by atoms with E-state index in [0.29, 0.717) is 11.5 Å². The Morgan fingerprint density at radius 2 is 1.77 bits per heavy atom. The summed E-state index contributed by atoms with van der Waals surface area (Å²) in [6.07, 6.45) is 3.31. The zero-order valence-corrected chi connectivity index (χ0v) is 18.8. The lowest BCUT2D eigenvalue weighted by atomic mass is 10.0. The fourth-order valence-electron chi connectivity index (χ4n) is 3.94. The van der Waals surface area contributed by atoms with Gasteiger partial charge in [0.2, 0.25) is 5.91 Å². The third-order valence-electron chi connectivity index (χ3n) is 5.73. The standard InChI is InChI=1S/C26H24N6O3/c33-25(28-16-24-31-30-23-12-6-7-13-32(23)24)22(14-19-15-27-21-11-5-4-10-20(19)21)29-26(34)35-17-18-8-2-1-3-9-18/h1-13,15,22,27H,14,16-17H2,(H,28,33)(H,29,34)/t22-/m1/s1. The molecular formula is C26H24N6O3. The first-order valence-electron chi connectivity index (χ1n) is 11.3. The number of H-pyrrole nitrogens is 1. The first kappa shape index (κ1) is 22.1. The molecule has 0 spiro atoms. The number of carbonyl (C=O) groups excluding carboxylic acids is 2. The van der Waals surface area contributed by atoms with Gasteiger partial charge in [0.15, 0.2) is 11.5 Å². The van der Waals surface area contributed by atoms with Crippen molar-refractivity contribution in [3.63, 3.8) is 0 Å². The number of pyridine rings is 1. The van der Waals surface area contributed by atoms with E-state index in [1.165, 1.54) is 0 Å². The highest BCUT2D eigenvalue weighted by Gasteiger charge is 2.24. The number of hydrogen-bond donors (Lipinski definition) is 3. The van der Waals surface area contributed by atoms with E-state index in [1.54, 1.807) is 4.40 Å². The molecule has 3 aromatic heterocycles. The van der Waals surface area contributed by atoms with Gasteiger partial charge in [-0.05, 0) is 29.3 Å². The SMILES string of the molecule is O=C(N[C@H](Cc1c[nH]c2ccccc12)C(=O)NCc1nnc2ccccn12)OCc1ccccc1. The van der Waals surface area contributed by atoms with Crippen molar-refractivity contribution < 1.29 is 14.3 Å². The van der Waals surface area contributed by atoms with Crippen LogP contribution < -0.4 is 10.6 Å². The van der Waals surface area contributed by atoms with Crippen molar-refractivity contribution >= 4 is 28.6 Å². The number of carbonyl (C=O) groups is 2. The highest BCUT2D eigenvalue weighted by Crippen LogP contribution is 2.19. The van der Waals surface area contributed by atoms with E-state index < -0.39 is 12.1 Å². The first-order valence-corrected chi connectivity index (χ1v) is 11.3. The molecule has 35 heavy (non-hydrogen) atoms. The van der Waals surface area contributed by atoms with Crippen LogP contribution in [-0.4, -0.2) is 37.6 Å². The van der Waals surface area contributed by atoms with Crippen molar-refractivity contribution in [3.8, 4) is 0 Å². The van der Waals surface area contributed by atoms with Crippen molar-refractivity contribution in [1.82, 2.24) is 30.2 Å². The van der Waals surface area contributed by atoms with Gasteiger partial charge in [-0.3, -0.25) is 9.20 Å². The summed E-state index contributed by atoms with van der Waals surface area (Å²) in [5, 5.41) is 14.8. The van der Waals surface area contributed by atoms with Gasteiger partial charge in [0, 0.05) is 29.7 Å². The van der Waals surface area contributed by atoms with Crippen molar-refractivity contribution in [2.45, 2.75) is 25.6 Å². The first-order chi connectivity index (χ1) is 17.2. The second-order valence-electron chi connectivity index (χ2n) is 8.09. The maximum absolute atomic E-state index is 13.2. The van der Waals surface area contributed by atoms with Crippen LogP contribution in [0, 0.1) is 0 Å². The Bertz CT molecular complexity index is 1460. The predicted octanol–water partition coefficient (Wildman–Crippen LogP) is 3.36. The summed E-state index contributed by atoms with van der Waals surface area (Å²) in [5.74, 6) is 0.242. The number of ether oxygens (including phenoxy) is 1. The zero-order valence-electron chi connectivity index (χ0n) is 18.8. The molecule has 1 atom stereocenters. The van der Waals surface area contributed by atoms with Crippen LogP contribution in [0.2, 0.25) is 0 Å². The number of hydrogen-bond acceptors (Lipinski definition) is 5. The van der Waals surface area contributed by atoms with Crippen LogP contribution in [0.25, 0.3) is 16.6 Å². The van der Waals surface area contributed by atoms with Crippen LogP contribution in [0.4, 0.5) is 4.79 Å². The highest BCUT2D eigenvalue weighted by atomic mass is 16.5. The summed E-state index contributed by atoms with van der Waals surface area (Å²) < 4.78 is 7.16. The molecule has 3 N–H and O–H groups in total. The van der Waals surface area contributed by atoms with Crippen LogP contribution in [0.3, 0.4) is 0 Å². The smallest absolute Gasteiger partial charge is 0.408 e. The molecule has 5 rings (SSSR count). The minimum absolute atomic E-state index is 0.111. The molecule has 0 fully saturated rings. The molecule has 2 aromatic carbocycles. The molecule has 0 unspecified atom stereocenters. The number of aromatic nitrogens is 4. The van der Waals surface area contributed by atoms with E-state index in [4.69, 9.17) is 4.74 Å². The average Bonchev–Trinajstić information content (AvgIpc) is 3.50. The lowest BCUT2D eigenvalue weighted by Crippen LogP contribution is -2.48. The second kappa shape index (κ2) is 10.1. The molecule has 0 aliphatic heterocycles. The lowest BCUT2D eigenvalue weighted by molar-refractivity contribution is -0.123. The van der Waals surface area contributed by atoms with Crippen molar-refractivity contribution in [3.05, 3.63) is 102 Å². The third-order valence-corrected chi connectivity index (χ3v) is 5.73. The predicted molar refractivity (Wildman–Crippen MR) is 130 cm³/mol. The fraction of sp³-hybridized carbons (Fsp3) is 0.154. The van der Waals surface area contributed by atoms with Gasteiger partial charge in [-0.2, -0.15) is 0 Å². The largest absolute Gasteiger partial charge is 0.445 e. The topological polar surface area (TPSA) is 113 Å². The Kier molecular flexibility index (Phi) is 6.38. The number of rotatable bonds is 8. The van der Waals surface area contributed by atoms with Crippen molar-refractivity contribution in [2.75, 3.05) is 0 Å². The van der Waals surface area contributed by atoms with E-state index in [0.717, 1.165) is 22.0 Å². The van der Waals surface area contributed by atoms with E-state index in [-0.39, 0.29) is 25.5 Å². The lowest BCUT2D eigenvalue weighted by Gasteiger charge is -2.18. The minimum Gasteiger partial charge on any atom is -0.445 e. The molecule has 3 heterocycles. The third kappa shape index (κ3) is 5.14. The Morgan fingerprint density at radius 1 is 0.971 bits per heavy atom. The molecule has 0 radical (unpaired) electrons. The number of benzene rings is 2. The van der Waals surface area contributed by atoms with Crippen LogP contribution in [-0.2, 0) is 29.1 Å². The summed E-state index contributed by atoms with van der Waals surface area (Å²) in [6, 6.07) is 21.9. The molecule has 9 heteroatoms. The monoisotopic (exact) mass is 468 g/mol. The van der Waals surface area contributed by atoms with Crippen molar-refractivity contribution in [1.29, 1.82) is 0 Å². The molecule has 176 valence electrons. The number of fused-ring (bicyclic) bond motifs is 2. The highest BCUT2D eigenvalue weighted by molar-refractivity contribution is 5.88. The summed E-state index contributed by atoms with van der Waals surface area (Å²) in [6.45, 7) is 0.273. The quantitative estimate of drug-likeness (QED) is 0.323. The normalized spacial score (nSPS) is 11.9. The molecule has 0 aliphatic carbocycles. The summed E-state index contributed by atoms with van der Waals surface area (Å²) in [4.78, 5) is 29.0. The molecule has 0 saturated carbocycles. The van der Waals surface area contributed by atoms with E-state index in [1.807, 2.05) is 85.2 Å². The second-order valence-corrected chi connectivity index (χ2v) is 8.09. The molecule has 2 amide bonds. The molecule has 0 aliphatic rings. The van der Waals surface area contributed by atoms with Crippen LogP contribution in [0.1, 0.15) is 17.0 Å². The van der Waals surface area contributed by atoms with E-state index >= 15 is 0 Å². The molecular weight excluding hydrogens is 444 g/mol. The molecule has 0 saturated heterocycles. The van der Waals surface area contributed by atoms with Gasteiger partial charge >= 0.3 is 6.09 Å². The van der Waals surface area contributed by atoms with Gasteiger partial charge in [0.25, 0.3) is 0 Å². The Hall–Kier alpha value is -4.66. The van der Waals surface area contributed by atoms with Gasteiger partial charge in [-0.25, -0.2) is 4.79 Å². The molecule has 0 bridgehead atoms. The maximum Gasteiger partial charge on any atom is 0.408 e. The van der Waals surface area contributed by atoms with Gasteiger partial charge < -0.3 is 20.4 Å². The molecule has 5 aromatic rings. The Balaban J connectivity index is 1.30. The minimum atomic E-state index is -0.850. The molecule has 9 nitrogen and oxygen atoms in total. The number of aromatic amines is 1. The van der Waals surface area contributed by atoms with Gasteiger partial charge in [0.1, 0.15) is 12.6 Å². The summed E-state index contributed by atoms with van der Waals surface area (Å²) in [7, 11) is 0. The van der Waals surface area contributed by atoms with Gasteiger partial charge in [-0.1, -0.05) is 54.6 Å². The summed E-state index contributed by atoms with van der Waals surface area (Å²) >= 11 is 0. The van der Waals surface area contributed by atoms with Crippen LogP contribution in [0.5, 0.6) is 0 Å². The Morgan fingerprint density at radius 3 is 2.66 bits per heavy atom. The van der Waals surface area contributed by atoms with Crippen molar-refractivity contribution in [2.24, 2.45) is 0 Å². The van der Waals surface area contributed by atoms with Crippen LogP contribution in [0.15, 0.2) is 85.2 Å². The van der Waals surface area contributed by atoms with E-state index in [2.05, 4.69) is 25.8 Å². The number of para-hydroxylation sites is 1. The summed E-state index contributed by atoms with van der Waals surface area (Å²) in [5.41, 5.74) is 3.42. The zero-order chi connectivity index (χ0) is 24.0. The number of amides is 2. The number of alkyl carbamates (subject to hydrolysis) is 1. The van der Waals surface area contributed by atoms with Gasteiger partial charge in [-0.15, -0.1) is 10.2 Å². The van der Waals surface area contributed by atoms with Crippen LogP contribution >= 0.6 is 0 Å². The average molecular weight is 469 g/mol. The fourth-order valence-corrected chi connectivity index (χ4v) is 3.94. The van der Waals surface area contributed by atoms with Gasteiger partial charge in [0.05, 0.1) is 6.54 Å². The Labute approximate surface area is 201 Å². The van der Waals surface area contributed by atoms with E-state index in [9.17, 15) is 9.59 Å².